The summed E-state index contributed by atoms with van der Waals surface area (Å²) in [7, 11) is 0. The minimum absolute atomic E-state index is 0.0531. The van der Waals surface area contributed by atoms with Gasteiger partial charge in [-0.2, -0.15) is 0 Å². The standard InChI is InChI=1S/C15H23ClN2O2/c1-3-17-6-7-18(11(2)9-17)14(10-19)12-4-5-15(20)13(16)8-12/h4-5,8,11,14,19-20H,3,6-7,9-10H2,1-2H3. The van der Waals surface area contributed by atoms with Crippen molar-refractivity contribution in [2.24, 2.45) is 0 Å². The Kier molecular flexibility index (Phi) is 5.27. The number of halogens is 1. The lowest BCUT2D eigenvalue weighted by Crippen LogP contribution is -2.53. The Hall–Kier alpha value is -0.810. The van der Waals surface area contributed by atoms with Gasteiger partial charge in [-0.15, -0.1) is 0 Å². The molecule has 0 amide bonds. The number of aliphatic hydroxyl groups excluding tert-OH is 1. The summed E-state index contributed by atoms with van der Waals surface area (Å²) in [6, 6.07) is 5.49. The summed E-state index contributed by atoms with van der Waals surface area (Å²) in [6.07, 6.45) is 0. The average molecular weight is 299 g/mol. The number of aromatic hydroxyl groups is 1. The summed E-state index contributed by atoms with van der Waals surface area (Å²) in [5.41, 5.74) is 0.951. The van der Waals surface area contributed by atoms with Gasteiger partial charge >= 0.3 is 0 Å². The Morgan fingerprint density at radius 2 is 2.15 bits per heavy atom. The van der Waals surface area contributed by atoms with Gasteiger partial charge in [0, 0.05) is 25.7 Å². The second-order valence-electron chi connectivity index (χ2n) is 5.39. The average Bonchev–Trinajstić information content (AvgIpc) is 2.45. The van der Waals surface area contributed by atoms with E-state index < -0.39 is 0 Å². The van der Waals surface area contributed by atoms with Crippen LogP contribution in [0.4, 0.5) is 0 Å². The molecule has 112 valence electrons. The third-order valence-corrected chi connectivity index (χ3v) is 4.44. The molecule has 1 aromatic carbocycles. The fourth-order valence-corrected chi connectivity index (χ4v) is 3.12. The van der Waals surface area contributed by atoms with Gasteiger partial charge in [0.25, 0.3) is 0 Å². The van der Waals surface area contributed by atoms with Gasteiger partial charge in [0.05, 0.1) is 17.7 Å². The molecule has 0 aromatic heterocycles. The van der Waals surface area contributed by atoms with E-state index >= 15 is 0 Å². The lowest BCUT2D eigenvalue weighted by atomic mass is 10.0. The highest BCUT2D eigenvalue weighted by molar-refractivity contribution is 6.32. The molecule has 20 heavy (non-hydrogen) atoms. The van der Waals surface area contributed by atoms with Crippen LogP contribution in [0.15, 0.2) is 18.2 Å². The molecule has 1 aromatic rings. The second-order valence-corrected chi connectivity index (χ2v) is 5.80. The Labute approximate surface area is 125 Å². The molecule has 0 radical (unpaired) electrons. The van der Waals surface area contributed by atoms with Crippen LogP contribution in [-0.4, -0.2) is 58.8 Å². The summed E-state index contributed by atoms with van der Waals surface area (Å²) in [5.74, 6) is 0.0796. The van der Waals surface area contributed by atoms with Gasteiger partial charge in [0.15, 0.2) is 0 Å². The van der Waals surface area contributed by atoms with Crippen LogP contribution in [0.1, 0.15) is 25.5 Å². The lowest BCUT2D eigenvalue weighted by Gasteiger charge is -2.43. The predicted molar refractivity (Wildman–Crippen MR) is 81.2 cm³/mol. The van der Waals surface area contributed by atoms with E-state index in [0.29, 0.717) is 11.1 Å². The Bertz CT molecular complexity index is 455. The van der Waals surface area contributed by atoms with Gasteiger partial charge in [-0.3, -0.25) is 4.90 Å². The van der Waals surface area contributed by atoms with Crippen LogP contribution in [0.25, 0.3) is 0 Å². The third-order valence-electron chi connectivity index (χ3n) is 4.14. The number of piperazine rings is 1. The Morgan fingerprint density at radius 1 is 1.40 bits per heavy atom. The van der Waals surface area contributed by atoms with Gasteiger partial charge in [-0.1, -0.05) is 24.6 Å². The first-order valence-electron chi connectivity index (χ1n) is 7.14. The number of nitrogens with zero attached hydrogens (tertiary/aromatic N) is 2. The molecule has 0 aliphatic carbocycles. The molecule has 1 heterocycles. The topological polar surface area (TPSA) is 46.9 Å². The molecule has 1 aliphatic rings. The van der Waals surface area contributed by atoms with Crippen LogP contribution in [0, 0.1) is 0 Å². The van der Waals surface area contributed by atoms with Gasteiger partial charge in [0.2, 0.25) is 0 Å². The van der Waals surface area contributed by atoms with Crippen molar-refractivity contribution in [3.8, 4) is 5.75 Å². The summed E-state index contributed by atoms with van der Waals surface area (Å²) < 4.78 is 0. The number of likely N-dealkylation sites (N-methyl/N-ethyl adjacent to an activating group) is 1. The summed E-state index contributed by atoms with van der Waals surface area (Å²) in [5, 5.41) is 19.6. The molecule has 0 spiro atoms. The zero-order valence-corrected chi connectivity index (χ0v) is 12.8. The molecular weight excluding hydrogens is 276 g/mol. The van der Waals surface area contributed by atoms with Crippen LogP contribution >= 0.6 is 11.6 Å². The van der Waals surface area contributed by atoms with E-state index in [1.807, 2.05) is 6.07 Å². The van der Waals surface area contributed by atoms with Crippen molar-refractivity contribution in [3.63, 3.8) is 0 Å². The van der Waals surface area contributed by atoms with Crippen LogP contribution in [0.5, 0.6) is 5.75 Å². The van der Waals surface area contributed by atoms with Gasteiger partial charge < -0.3 is 15.1 Å². The van der Waals surface area contributed by atoms with E-state index in [-0.39, 0.29) is 18.4 Å². The Balaban J connectivity index is 2.17. The first-order valence-corrected chi connectivity index (χ1v) is 7.52. The largest absolute Gasteiger partial charge is 0.506 e. The second kappa shape index (κ2) is 6.76. The quantitative estimate of drug-likeness (QED) is 0.894. The van der Waals surface area contributed by atoms with E-state index in [4.69, 9.17) is 11.6 Å². The zero-order valence-electron chi connectivity index (χ0n) is 12.1. The summed E-state index contributed by atoms with van der Waals surface area (Å²) >= 11 is 5.98. The Morgan fingerprint density at radius 3 is 2.70 bits per heavy atom. The van der Waals surface area contributed by atoms with Crippen molar-refractivity contribution >= 4 is 11.6 Å². The molecule has 0 saturated carbocycles. The van der Waals surface area contributed by atoms with E-state index in [1.165, 1.54) is 0 Å². The van der Waals surface area contributed by atoms with Crippen LogP contribution < -0.4 is 0 Å². The van der Waals surface area contributed by atoms with E-state index in [2.05, 4.69) is 23.6 Å². The van der Waals surface area contributed by atoms with Crippen molar-refractivity contribution < 1.29 is 10.2 Å². The maximum absolute atomic E-state index is 9.77. The fraction of sp³-hybridized carbons (Fsp3) is 0.600. The molecule has 2 rings (SSSR count). The van der Waals surface area contributed by atoms with Crippen LogP contribution in [0.2, 0.25) is 5.02 Å². The number of aliphatic hydroxyl groups is 1. The smallest absolute Gasteiger partial charge is 0.134 e. The SMILES string of the molecule is CCN1CCN(C(CO)c2ccc(O)c(Cl)c2)C(C)C1. The monoisotopic (exact) mass is 298 g/mol. The maximum atomic E-state index is 9.77. The highest BCUT2D eigenvalue weighted by Crippen LogP contribution is 2.30. The summed E-state index contributed by atoms with van der Waals surface area (Å²) in [4.78, 5) is 4.73. The highest BCUT2D eigenvalue weighted by atomic mass is 35.5. The first-order chi connectivity index (χ1) is 9.56. The lowest BCUT2D eigenvalue weighted by molar-refractivity contribution is 0.0271. The van der Waals surface area contributed by atoms with E-state index in [9.17, 15) is 10.2 Å². The van der Waals surface area contributed by atoms with Crippen molar-refractivity contribution in [1.82, 2.24) is 9.80 Å². The molecule has 2 atom stereocenters. The molecule has 0 bridgehead atoms. The van der Waals surface area contributed by atoms with Crippen molar-refractivity contribution in [1.29, 1.82) is 0 Å². The van der Waals surface area contributed by atoms with Crippen LogP contribution in [-0.2, 0) is 0 Å². The fourth-order valence-electron chi connectivity index (χ4n) is 2.93. The molecular formula is C15H23ClN2O2. The number of benzene rings is 1. The first kappa shape index (κ1) is 15.6. The normalized spacial score (nSPS) is 22.9. The van der Waals surface area contributed by atoms with Crippen molar-refractivity contribution in [2.45, 2.75) is 25.9 Å². The molecule has 4 nitrogen and oxygen atoms in total. The molecule has 5 heteroatoms. The molecule has 2 N–H and O–H groups in total. The number of hydrogen-bond acceptors (Lipinski definition) is 4. The maximum Gasteiger partial charge on any atom is 0.134 e. The molecule has 2 unspecified atom stereocenters. The van der Waals surface area contributed by atoms with Gasteiger partial charge in [-0.25, -0.2) is 0 Å². The highest BCUT2D eigenvalue weighted by Gasteiger charge is 2.29. The van der Waals surface area contributed by atoms with Gasteiger partial charge in [0.1, 0.15) is 5.75 Å². The predicted octanol–water partition coefficient (Wildman–Crippen LogP) is 2.10. The van der Waals surface area contributed by atoms with Gasteiger partial charge in [-0.05, 0) is 31.2 Å². The minimum Gasteiger partial charge on any atom is -0.506 e. The van der Waals surface area contributed by atoms with Crippen molar-refractivity contribution in [3.05, 3.63) is 28.8 Å². The van der Waals surface area contributed by atoms with E-state index in [0.717, 1.165) is 31.7 Å². The number of phenolic OH excluding ortho intramolecular Hbond substituents is 1. The minimum atomic E-state index is -0.0675. The van der Waals surface area contributed by atoms with Crippen LogP contribution in [0.3, 0.4) is 0 Å². The summed E-state index contributed by atoms with van der Waals surface area (Å²) in [6.45, 7) is 8.43. The number of rotatable bonds is 4. The van der Waals surface area contributed by atoms with E-state index in [1.54, 1.807) is 12.1 Å². The number of phenols is 1. The molecule has 1 fully saturated rings. The molecule has 1 aliphatic heterocycles. The van der Waals surface area contributed by atoms with Crippen molar-refractivity contribution in [2.75, 3.05) is 32.8 Å². The molecule has 1 saturated heterocycles. The number of hydrogen-bond donors (Lipinski definition) is 2. The third kappa shape index (κ3) is 3.26. The zero-order chi connectivity index (χ0) is 14.7.